The molecule has 0 bridgehead atoms. The van der Waals surface area contributed by atoms with Crippen molar-refractivity contribution in [2.45, 2.75) is 6.92 Å². The summed E-state index contributed by atoms with van der Waals surface area (Å²) in [6.45, 7) is 6.15. The van der Waals surface area contributed by atoms with Crippen LogP contribution in [0.4, 0.5) is 0 Å². The molecule has 0 fully saturated rings. The normalized spacial score (nSPS) is 10.4. The Bertz CT molecular complexity index is 1020. The lowest BCUT2D eigenvalue weighted by molar-refractivity contribution is -0.138. The van der Waals surface area contributed by atoms with E-state index < -0.39 is 5.97 Å². The van der Waals surface area contributed by atoms with Gasteiger partial charge in [-0.1, -0.05) is 55.1 Å². The van der Waals surface area contributed by atoms with Crippen LogP contribution < -0.4 is 9.47 Å². The summed E-state index contributed by atoms with van der Waals surface area (Å²) in [5.41, 5.74) is 5.38. The van der Waals surface area contributed by atoms with Gasteiger partial charge in [-0.15, -0.1) is 0 Å². The highest BCUT2D eigenvalue weighted by atomic mass is 16.6. The van der Waals surface area contributed by atoms with Gasteiger partial charge in [-0.05, 0) is 47.4 Å². The summed E-state index contributed by atoms with van der Waals surface area (Å²) < 4.78 is 16.2. The lowest BCUT2D eigenvalue weighted by Gasteiger charge is -2.14. The Labute approximate surface area is 182 Å². The zero-order valence-electron chi connectivity index (χ0n) is 17.5. The van der Waals surface area contributed by atoms with E-state index in [1.807, 2.05) is 48.5 Å². The van der Waals surface area contributed by atoms with Gasteiger partial charge in [0.25, 0.3) is 0 Å². The molecule has 1 N–H and O–H groups in total. The van der Waals surface area contributed by atoms with Crippen LogP contribution in [0.1, 0.15) is 5.56 Å². The summed E-state index contributed by atoms with van der Waals surface area (Å²) >= 11 is 0. The molecule has 0 aliphatic rings. The number of para-hydroxylation sites is 1. The van der Waals surface area contributed by atoms with Gasteiger partial charge >= 0.3 is 5.97 Å². The molecular weight excluding hydrogens is 392 g/mol. The molecule has 3 rings (SSSR count). The number of ether oxygens (including phenoxy) is 3. The summed E-state index contributed by atoms with van der Waals surface area (Å²) in [5, 5.41) is 8.87. The molecule has 0 unspecified atom stereocenters. The molecule has 31 heavy (non-hydrogen) atoms. The monoisotopic (exact) mass is 418 g/mol. The van der Waals surface area contributed by atoms with Crippen LogP contribution in [-0.2, 0) is 9.53 Å². The average Bonchev–Trinajstić information content (AvgIpc) is 2.81. The minimum absolute atomic E-state index is 0.00647. The van der Waals surface area contributed by atoms with Crippen LogP contribution in [0.25, 0.3) is 22.3 Å². The summed E-state index contributed by atoms with van der Waals surface area (Å²) in [5.74, 6) is 1.00. The lowest BCUT2D eigenvalue weighted by Crippen LogP contribution is -2.10. The summed E-state index contributed by atoms with van der Waals surface area (Å²) in [6.07, 6.45) is 1.13. The third-order valence-corrected chi connectivity index (χ3v) is 4.70. The standard InChI is InChI=1S/C26H26O5/c1-3-26(28)31-17-16-30-25-7-5-4-6-24(25)21-10-13-23(19(2)18-21)20-8-11-22(12-9-20)29-15-14-27/h3-13,18,27H,1,14-17H2,2H3. The minimum Gasteiger partial charge on any atom is -0.491 e. The van der Waals surface area contributed by atoms with Crippen molar-refractivity contribution in [2.24, 2.45) is 0 Å². The average molecular weight is 418 g/mol. The number of esters is 1. The highest BCUT2D eigenvalue weighted by Crippen LogP contribution is 2.34. The van der Waals surface area contributed by atoms with Crippen LogP contribution in [0.3, 0.4) is 0 Å². The van der Waals surface area contributed by atoms with Crippen molar-refractivity contribution in [1.82, 2.24) is 0 Å². The first-order chi connectivity index (χ1) is 15.1. The van der Waals surface area contributed by atoms with E-state index in [-0.39, 0.29) is 26.4 Å². The fourth-order valence-corrected chi connectivity index (χ4v) is 3.23. The number of hydrogen-bond acceptors (Lipinski definition) is 5. The Morgan fingerprint density at radius 3 is 2.35 bits per heavy atom. The Kier molecular flexibility index (Phi) is 7.85. The first-order valence-corrected chi connectivity index (χ1v) is 10.1. The smallest absolute Gasteiger partial charge is 0.330 e. The second-order valence-corrected chi connectivity index (χ2v) is 6.84. The molecule has 0 amide bonds. The molecule has 0 atom stereocenters. The molecule has 0 aromatic heterocycles. The maximum absolute atomic E-state index is 11.2. The number of rotatable bonds is 10. The molecule has 3 aromatic rings. The predicted octanol–water partition coefficient (Wildman–Crippen LogP) is 4.81. The Balaban J connectivity index is 1.75. The minimum atomic E-state index is -0.462. The molecule has 0 saturated carbocycles. The maximum atomic E-state index is 11.2. The molecule has 5 heteroatoms. The Hall–Kier alpha value is -3.57. The summed E-state index contributed by atoms with van der Waals surface area (Å²) in [7, 11) is 0. The molecule has 160 valence electrons. The van der Waals surface area contributed by atoms with Gasteiger partial charge in [-0.3, -0.25) is 0 Å². The van der Waals surface area contributed by atoms with E-state index in [0.29, 0.717) is 0 Å². The van der Waals surface area contributed by atoms with Gasteiger partial charge in [-0.2, -0.15) is 0 Å². The number of aliphatic hydroxyl groups excluding tert-OH is 1. The van der Waals surface area contributed by atoms with Crippen LogP contribution in [0.15, 0.2) is 79.4 Å². The summed E-state index contributed by atoms with van der Waals surface area (Å²) in [6, 6.07) is 21.9. The third-order valence-electron chi connectivity index (χ3n) is 4.70. The molecule has 0 spiro atoms. The first-order valence-electron chi connectivity index (χ1n) is 10.1. The fourth-order valence-electron chi connectivity index (χ4n) is 3.23. The second kappa shape index (κ2) is 11.0. The van der Waals surface area contributed by atoms with E-state index in [2.05, 4.69) is 31.7 Å². The number of carbonyl (C=O) groups is 1. The number of hydrogen-bond donors (Lipinski definition) is 1. The highest BCUT2D eigenvalue weighted by molar-refractivity contribution is 5.81. The quantitative estimate of drug-likeness (QED) is 0.291. The first kappa shape index (κ1) is 22.1. The fraction of sp³-hybridized carbons (Fsp3) is 0.192. The van der Waals surface area contributed by atoms with Crippen LogP contribution in [-0.4, -0.2) is 37.5 Å². The number of carbonyl (C=O) groups excluding carboxylic acids is 1. The van der Waals surface area contributed by atoms with Gasteiger partial charge in [0.1, 0.15) is 31.3 Å². The van der Waals surface area contributed by atoms with Crippen molar-refractivity contribution in [3.63, 3.8) is 0 Å². The van der Waals surface area contributed by atoms with E-state index in [0.717, 1.165) is 45.4 Å². The molecule has 0 heterocycles. The second-order valence-electron chi connectivity index (χ2n) is 6.84. The van der Waals surface area contributed by atoms with Crippen molar-refractivity contribution < 1.29 is 24.1 Å². The Morgan fingerprint density at radius 2 is 1.65 bits per heavy atom. The largest absolute Gasteiger partial charge is 0.491 e. The van der Waals surface area contributed by atoms with Crippen LogP contribution in [0.2, 0.25) is 0 Å². The van der Waals surface area contributed by atoms with Gasteiger partial charge in [0, 0.05) is 11.6 Å². The van der Waals surface area contributed by atoms with Gasteiger partial charge < -0.3 is 19.3 Å². The summed E-state index contributed by atoms with van der Waals surface area (Å²) in [4.78, 5) is 11.2. The van der Waals surface area contributed by atoms with Crippen molar-refractivity contribution in [3.05, 3.63) is 84.9 Å². The molecule has 0 aliphatic carbocycles. The number of benzene rings is 3. The van der Waals surface area contributed by atoms with Crippen LogP contribution in [0, 0.1) is 6.92 Å². The number of aliphatic hydroxyl groups is 1. The molecule has 3 aromatic carbocycles. The highest BCUT2D eigenvalue weighted by Gasteiger charge is 2.09. The molecular formula is C26H26O5. The molecule has 0 radical (unpaired) electrons. The molecule has 5 nitrogen and oxygen atoms in total. The van der Waals surface area contributed by atoms with Gasteiger partial charge in [0.2, 0.25) is 0 Å². The van der Waals surface area contributed by atoms with Crippen molar-refractivity contribution in [3.8, 4) is 33.8 Å². The third kappa shape index (κ3) is 5.96. The number of aryl methyl sites for hydroxylation is 1. The van der Waals surface area contributed by atoms with E-state index in [1.165, 1.54) is 0 Å². The van der Waals surface area contributed by atoms with E-state index in [1.54, 1.807) is 0 Å². The van der Waals surface area contributed by atoms with Crippen LogP contribution >= 0.6 is 0 Å². The Morgan fingerprint density at radius 1 is 0.903 bits per heavy atom. The van der Waals surface area contributed by atoms with Crippen molar-refractivity contribution >= 4 is 5.97 Å². The van der Waals surface area contributed by atoms with E-state index in [4.69, 9.17) is 19.3 Å². The topological polar surface area (TPSA) is 65.0 Å². The van der Waals surface area contributed by atoms with E-state index >= 15 is 0 Å². The van der Waals surface area contributed by atoms with E-state index in [9.17, 15) is 4.79 Å². The maximum Gasteiger partial charge on any atom is 0.330 e. The lowest BCUT2D eigenvalue weighted by atomic mass is 9.95. The van der Waals surface area contributed by atoms with Crippen molar-refractivity contribution in [2.75, 3.05) is 26.4 Å². The van der Waals surface area contributed by atoms with Crippen molar-refractivity contribution in [1.29, 1.82) is 0 Å². The molecule has 0 aliphatic heterocycles. The predicted molar refractivity (Wildman–Crippen MR) is 121 cm³/mol. The van der Waals surface area contributed by atoms with Gasteiger partial charge in [-0.25, -0.2) is 4.79 Å². The zero-order chi connectivity index (χ0) is 22.1. The van der Waals surface area contributed by atoms with Gasteiger partial charge in [0.05, 0.1) is 6.61 Å². The van der Waals surface area contributed by atoms with Crippen LogP contribution in [0.5, 0.6) is 11.5 Å². The van der Waals surface area contributed by atoms with Gasteiger partial charge in [0.15, 0.2) is 0 Å². The SMILES string of the molecule is C=CC(=O)OCCOc1ccccc1-c1ccc(-c2ccc(OCCO)cc2)c(C)c1. The zero-order valence-corrected chi connectivity index (χ0v) is 17.5. The molecule has 0 saturated heterocycles.